The van der Waals surface area contributed by atoms with Gasteiger partial charge in [-0.05, 0) is 172 Å². The van der Waals surface area contributed by atoms with Gasteiger partial charge in [0.15, 0.2) is 0 Å². The van der Waals surface area contributed by atoms with Crippen molar-refractivity contribution >= 4 is 29.9 Å². The summed E-state index contributed by atoms with van der Waals surface area (Å²) in [4.78, 5) is 32.1. The molecule has 8 aliphatic heterocycles. The maximum atomic E-state index is 6.00. The number of aromatic nitrogens is 10. The minimum absolute atomic E-state index is 0.398. The molecule has 0 unspecified atom stereocenters. The summed E-state index contributed by atoms with van der Waals surface area (Å²) in [5, 5.41) is 29.5. The van der Waals surface area contributed by atoms with Crippen LogP contribution >= 0.6 is 0 Å². The molecule has 10 aromatic rings. The fourth-order valence-corrected chi connectivity index (χ4v) is 16.6. The van der Waals surface area contributed by atoms with Crippen molar-refractivity contribution in [2.75, 3.05) is 210 Å². The highest BCUT2D eigenvalue weighted by Crippen LogP contribution is 2.37. The lowest BCUT2D eigenvalue weighted by Gasteiger charge is -2.39. The molecule has 0 spiro atoms. The summed E-state index contributed by atoms with van der Waals surface area (Å²) >= 11 is 0. The number of nitrogens with zero attached hydrogens (tertiary/aromatic N) is 18. The lowest BCUT2D eigenvalue weighted by atomic mass is 10.0. The second kappa shape index (κ2) is 43.4. The van der Waals surface area contributed by atoms with Crippen molar-refractivity contribution in [3.63, 3.8) is 0 Å². The first-order valence-electron chi connectivity index (χ1n) is 44.2. The molecule has 30 nitrogen and oxygen atoms in total. The lowest BCUT2D eigenvalue weighted by Crippen LogP contribution is -2.49. The third-order valence-corrected chi connectivity index (χ3v) is 24.2. The van der Waals surface area contributed by atoms with Gasteiger partial charge in [0, 0.05) is 151 Å². The van der Waals surface area contributed by atoms with Crippen LogP contribution in [-0.2, 0) is 23.7 Å². The number of benzene rings is 5. The largest absolute Gasteiger partial charge is 0.496 e. The molecule has 0 aliphatic carbocycles. The van der Waals surface area contributed by atoms with E-state index >= 15 is 0 Å². The summed E-state index contributed by atoms with van der Waals surface area (Å²) in [5.74, 6) is 8.88. The Morgan fingerprint density at radius 1 is 0.287 bits per heavy atom. The first-order valence-corrected chi connectivity index (χ1v) is 44.2. The van der Waals surface area contributed by atoms with Crippen LogP contribution in [0.2, 0.25) is 0 Å². The Labute approximate surface area is 718 Å². The molecule has 122 heavy (non-hydrogen) atoms. The van der Waals surface area contributed by atoms with Crippen LogP contribution in [0, 0.1) is 0 Å². The number of anilines is 5. The molecule has 0 bridgehead atoms. The molecule has 18 rings (SSSR count). The van der Waals surface area contributed by atoms with Crippen LogP contribution < -0.4 is 34.0 Å². The predicted molar refractivity (Wildman–Crippen MR) is 471 cm³/mol. The molecule has 0 amide bonds. The minimum atomic E-state index is 0.398. The van der Waals surface area contributed by atoms with Crippen LogP contribution in [0.5, 0.6) is 11.5 Å². The van der Waals surface area contributed by atoms with E-state index in [9.17, 15) is 0 Å². The molecule has 0 N–H and O–H groups in total. The van der Waals surface area contributed by atoms with Gasteiger partial charge in [-0.1, -0.05) is 128 Å². The van der Waals surface area contributed by atoms with Crippen LogP contribution in [0.1, 0.15) is 165 Å². The first kappa shape index (κ1) is 88.4. The standard InChI is InChI=1S/C21H30N4O3.2C20H28N4O2.C16H21N3O3.C15H19N3O2/c1-15(2)18-5-4-16(14-19(18)26-3)20-22-23-21(28-20)25-8-6-17(7-9-25)24-10-12-27-13-11-24;1-15(2)16-3-5-17(6-4-16)19-21-22-20(26-19)24-9-7-18(8-10-24)23-11-13-25-14-12-23;1-15(2)16-3-5-17(6-4-16)19-21-20(22-26-19)24-9-7-18(8-10-24)23-11-13-25-14-12-23;1-11(2)13-5-4-12(10-14(13)20-3)15-17-16(18-22-15)19-6-8-21-9-7-19;1-11(2)12-3-5-13(6-4-12)14-16-15(17-20-14)18-7-9-19-10-8-18/h4-5,14-15,17H,6-13H2,1-3H3;2*3-6,15,18H,7-14H2,1-2H3;4-5,10-11H,6-9H2,1-3H3;3-6,11H,7-10H2,1-2H3. The third-order valence-electron chi connectivity index (χ3n) is 24.2. The van der Waals surface area contributed by atoms with Gasteiger partial charge in [0.1, 0.15) is 11.5 Å². The van der Waals surface area contributed by atoms with Gasteiger partial charge < -0.3 is 80.1 Å². The molecule has 0 radical (unpaired) electrons. The lowest BCUT2D eigenvalue weighted by molar-refractivity contribution is 0.0113. The Balaban J connectivity index is 0.000000125. The van der Waals surface area contributed by atoms with Gasteiger partial charge in [0.2, 0.25) is 11.8 Å². The summed E-state index contributed by atoms with van der Waals surface area (Å²) in [7, 11) is 3.38. The Morgan fingerprint density at radius 2 is 0.549 bits per heavy atom. The SMILES string of the molecule is CC(C)c1ccc(-c2nc(N3CCC(N4CCOCC4)CC3)no2)cc1.CC(C)c1ccc(-c2nc(N3CCOCC3)no2)cc1.CC(C)c1ccc(-c2nnc(N3CCC(N4CCOCC4)CC3)o2)cc1.COc1cc(-c2nc(N3CCOCC3)no2)ccc1C(C)C.COc1cc(-c2nnc(N3CCC(N4CCOCC4)CC3)o2)ccc1C(C)C. The maximum Gasteiger partial charge on any atom is 0.318 e. The topological polar surface area (TPSA) is 285 Å². The molecular formula is C92H126N18O12. The highest BCUT2D eigenvalue weighted by atomic mass is 16.5. The van der Waals surface area contributed by atoms with E-state index in [2.05, 4.69) is 232 Å². The number of morpholine rings is 5. The average Bonchev–Trinajstić information content (AvgIpc) is 1.63. The minimum Gasteiger partial charge on any atom is -0.496 e. The second-order valence-corrected chi connectivity index (χ2v) is 33.8. The summed E-state index contributed by atoms with van der Waals surface area (Å²) in [6, 6.07) is 40.4. The van der Waals surface area contributed by atoms with Crippen molar-refractivity contribution in [1.82, 2.24) is 65.5 Å². The summed E-state index contributed by atoms with van der Waals surface area (Å²) in [5.41, 5.74) is 11.0. The molecule has 13 heterocycles. The van der Waals surface area contributed by atoms with Gasteiger partial charge >= 0.3 is 12.0 Å². The Bertz CT molecular complexity index is 4620. The summed E-state index contributed by atoms with van der Waals surface area (Å²) < 4.78 is 66.3. The van der Waals surface area contributed by atoms with Crippen molar-refractivity contribution in [3.8, 4) is 68.8 Å². The van der Waals surface area contributed by atoms with E-state index < -0.39 is 0 Å². The summed E-state index contributed by atoms with van der Waals surface area (Å²) in [6.45, 7) is 45.0. The fourth-order valence-electron chi connectivity index (χ4n) is 16.6. The van der Waals surface area contributed by atoms with Crippen LogP contribution in [0.3, 0.4) is 0 Å². The van der Waals surface area contributed by atoms with Crippen LogP contribution in [0.4, 0.5) is 29.9 Å². The number of hydrogen-bond acceptors (Lipinski definition) is 30. The van der Waals surface area contributed by atoms with Crippen LogP contribution in [-0.4, -0.2) is 269 Å². The van der Waals surface area contributed by atoms with Crippen molar-refractivity contribution in [1.29, 1.82) is 0 Å². The second-order valence-electron chi connectivity index (χ2n) is 33.8. The molecular weight excluding hydrogens is 1550 g/mol. The van der Waals surface area contributed by atoms with Gasteiger partial charge in [-0.2, -0.15) is 15.0 Å². The van der Waals surface area contributed by atoms with Gasteiger partial charge in [-0.15, -0.1) is 10.2 Å². The van der Waals surface area contributed by atoms with Gasteiger partial charge in [0.25, 0.3) is 35.5 Å². The smallest absolute Gasteiger partial charge is 0.318 e. The number of ether oxygens (including phenoxy) is 7. The van der Waals surface area contributed by atoms with Gasteiger partial charge in [0.05, 0.1) is 80.3 Å². The maximum absolute atomic E-state index is 6.00. The number of piperidine rings is 3. The van der Waals surface area contributed by atoms with E-state index in [-0.39, 0.29) is 0 Å². The average molecular weight is 1680 g/mol. The molecule has 5 aromatic carbocycles. The number of rotatable bonds is 20. The van der Waals surface area contributed by atoms with E-state index in [1.165, 1.54) is 27.8 Å². The van der Waals surface area contributed by atoms with Crippen LogP contribution in [0.15, 0.2) is 132 Å². The number of methoxy groups -OCH3 is 2. The van der Waals surface area contributed by atoms with Crippen LogP contribution in [0.25, 0.3) is 57.3 Å². The molecule has 8 aliphatic rings. The normalized spacial score (nSPS) is 18.4. The highest BCUT2D eigenvalue weighted by molar-refractivity contribution is 5.62. The molecule has 0 atom stereocenters. The monoisotopic (exact) mass is 1670 g/mol. The third kappa shape index (κ3) is 23.3. The predicted octanol–water partition coefficient (Wildman–Crippen LogP) is 14.9. The van der Waals surface area contributed by atoms with E-state index in [1.54, 1.807) is 14.2 Å². The molecule has 8 saturated heterocycles. The van der Waals surface area contributed by atoms with E-state index in [0.29, 0.717) is 133 Å². The summed E-state index contributed by atoms with van der Waals surface area (Å²) in [6.07, 6.45) is 6.81. The Hall–Kier alpha value is -9.92. The molecule has 5 aromatic heterocycles. The van der Waals surface area contributed by atoms with E-state index in [0.717, 1.165) is 222 Å². The zero-order valence-corrected chi connectivity index (χ0v) is 73.6. The zero-order valence-electron chi connectivity index (χ0n) is 73.6. The van der Waals surface area contributed by atoms with Crippen molar-refractivity contribution in [3.05, 3.63) is 137 Å². The van der Waals surface area contributed by atoms with Gasteiger partial charge in [-0.3, -0.25) is 14.7 Å². The molecule has 8 fully saturated rings. The Kier molecular flexibility index (Phi) is 31.5. The van der Waals surface area contributed by atoms with E-state index in [4.69, 9.17) is 55.6 Å². The molecule has 0 saturated carbocycles. The highest BCUT2D eigenvalue weighted by Gasteiger charge is 2.33. The van der Waals surface area contributed by atoms with E-state index in [1.807, 2.05) is 36.4 Å². The van der Waals surface area contributed by atoms with Crippen molar-refractivity contribution in [2.24, 2.45) is 0 Å². The zero-order chi connectivity index (χ0) is 84.9. The van der Waals surface area contributed by atoms with Crippen molar-refractivity contribution < 1.29 is 55.6 Å². The first-order chi connectivity index (χ1) is 59.5. The number of hydrogen-bond donors (Lipinski definition) is 0. The Morgan fingerprint density at radius 3 is 0.852 bits per heavy atom. The quantitative estimate of drug-likeness (QED) is 0.0685. The molecule has 656 valence electrons. The van der Waals surface area contributed by atoms with Crippen molar-refractivity contribution in [2.45, 2.75) is 155 Å². The fraction of sp³-hybridized carbons (Fsp3) is 0.565. The van der Waals surface area contributed by atoms with Gasteiger partial charge in [-0.25, -0.2) is 0 Å². The molecule has 30 heteroatoms.